The summed E-state index contributed by atoms with van der Waals surface area (Å²) < 4.78 is 6.27. The molecule has 0 saturated heterocycles. The van der Waals surface area contributed by atoms with Gasteiger partial charge in [-0.2, -0.15) is 0 Å². The Morgan fingerprint density at radius 1 is 0.814 bits per heavy atom. The minimum Gasteiger partial charge on any atom is -0.459 e. The van der Waals surface area contributed by atoms with Gasteiger partial charge in [0.2, 0.25) is 0 Å². The first-order valence-electron chi connectivity index (χ1n) is 17.7. The Morgan fingerprint density at radius 3 is 2.21 bits per heavy atom. The van der Waals surface area contributed by atoms with Crippen LogP contribution in [0.1, 0.15) is 135 Å². The van der Waals surface area contributed by atoms with Gasteiger partial charge >= 0.3 is 5.97 Å². The summed E-state index contributed by atoms with van der Waals surface area (Å²) in [5.74, 6) is 3.36. The van der Waals surface area contributed by atoms with Gasteiger partial charge in [-0.3, -0.25) is 14.8 Å². The molecule has 1 aromatic heterocycles. The van der Waals surface area contributed by atoms with Crippen molar-refractivity contribution in [1.29, 1.82) is 0 Å². The van der Waals surface area contributed by atoms with Crippen molar-refractivity contribution in [3.63, 3.8) is 0 Å². The van der Waals surface area contributed by atoms with Gasteiger partial charge in [0.15, 0.2) is 0 Å². The fourth-order valence-corrected chi connectivity index (χ4v) is 12.9. The van der Waals surface area contributed by atoms with Crippen LogP contribution in [0.4, 0.5) is 0 Å². The van der Waals surface area contributed by atoms with Gasteiger partial charge in [-0.1, -0.05) is 48.5 Å². The van der Waals surface area contributed by atoms with Crippen LogP contribution in [0.15, 0.2) is 0 Å². The monoisotopic (exact) mass is 592 g/mol. The van der Waals surface area contributed by atoms with E-state index < -0.39 is 0 Å². The maximum atomic E-state index is 14.4. The number of hydrogen-bond acceptors (Lipinski definition) is 5. The zero-order chi connectivity index (χ0) is 31.3. The van der Waals surface area contributed by atoms with E-state index >= 15 is 0 Å². The normalized spacial score (nSPS) is 45.1. The number of fused-ring (bicyclic) bond motifs is 7. The molecule has 43 heavy (non-hydrogen) atoms. The highest BCUT2D eigenvalue weighted by molar-refractivity contribution is 5.78. The van der Waals surface area contributed by atoms with E-state index in [-0.39, 0.29) is 45.8 Å². The van der Waals surface area contributed by atoms with Crippen LogP contribution >= 0.6 is 0 Å². The highest BCUT2D eigenvalue weighted by Gasteiger charge is 2.72. The molecule has 1 N–H and O–H groups in total. The van der Waals surface area contributed by atoms with E-state index in [2.05, 4.69) is 53.5 Å². The van der Waals surface area contributed by atoms with Crippen LogP contribution in [0.2, 0.25) is 0 Å². The molecule has 0 amide bonds. The van der Waals surface area contributed by atoms with Crippen molar-refractivity contribution in [2.75, 3.05) is 0 Å². The molecule has 5 nitrogen and oxygen atoms in total. The topological polar surface area (TPSA) is 72.3 Å². The quantitative estimate of drug-likeness (QED) is 0.355. The Balaban J connectivity index is 1.32. The van der Waals surface area contributed by atoms with E-state index in [9.17, 15) is 9.90 Å². The number of rotatable bonds is 4. The molecule has 5 saturated carbocycles. The molecule has 6 rings (SSSR count). The number of ether oxygens (including phenoxy) is 1. The predicted octanol–water partition coefficient (Wildman–Crippen LogP) is 8.54. The maximum Gasteiger partial charge on any atom is 0.312 e. The largest absolute Gasteiger partial charge is 0.459 e. The molecule has 10 atom stereocenters. The van der Waals surface area contributed by atoms with E-state index in [4.69, 9.17) is 9.72 Å². The minimum atomic E-state index is -0.374. The molecule has 5 aliphatic carbocycles. The molecule has 1 aromatic rings. The molecule has 5 aliphatic rings. The smallest absolute Gasteiger partial charge is 0.312 e. The summed E-state index contributed by atoms with van der Waals surface area (Å²) in [4.78, 5) is 23.8. The predicted molar refractivity (Wildman–Crippen MR) is 171 cm³/mol. The maximum absolute atomic E-state index is 14.4. The molecule has 0 aromatic carbocycles. The average Bonchev–Trinajstić information content (AvgIpc) is 3.34. The van der Waals surface area contributed by atoms with Crippen molar-refractivity contribution < 1.29 is 14.6 Å². The van der Waals surface area contributed by atoms with Gasteiger partial charge in [0.25, 0.3) is 0 Å². The van der Waals surface area contributed by atoms with Crippen molar-refractivity contribution in [1.82, 2.24) is 9.97 Å². The van der Waals surface area contributed by atoms with E-state index in [1.807, 2.05) is 20.8 Å². The molecular formula is C38H60N2O3. The van der Waals surface area contributed by atoms with E-state index in [1.54, 1.807) is 0 Å². The van der Waals surface area contributed by atoms with Crippen LogP contribution in [0, 0.1) is 83.4 Å². The van der Waals surface area contributed by atoms with Crippen LogP contribution in [0.25, 0.3) is 0 Å². The zero-order valence-electron chi connectivity index (χ0n) is 29.0. The number of carbonyl (C=O) groups excluding carboxylic acids is 1. The summed E-state index contributed by atoms with van der Waals surface area (Å²) in [6.45, 7) is 23.5. The Bertz CT molecular complexity index is 1270. The number of aliphatic hydroxyl groups excluding tert-OH is 1. The minimum absolute atomic E-state index is 0.0233. The van der Waals surface area contributed by atoms with Crippen LogP contribution in [0.3, 0.4) is 0 Å². The summed E-state index contributed by atoms with van der Waals surface area (Å²) >= 11 is 0. The lowest BCUT2D eigenvalue weighted by atomic mass is 9.32. The van der Waals surface area contributed by atoms with E-state index in [1.165, 1.54) is 25.7 Å². The highest BCUT2D eigenvalue weighted by Crippen LogP contribution is 2.77. The zero-order valence-corrected chi connectivity index (χ0v) is 29.0. The lowest BCUT2D eigenvalue weighted by Crippen LogP contribution is -2.67. The van der Waals surface area contributed by atoms with Crippen molar-refractivity contribution >= 4 is 5.97 Å². The summed E-state index contributed by atoms with van der Waals surface area (Å²) in [6, 6.07) is 0. The number of aryl methyl sites for hydroxylation is 3. The lowest BCUT2D eigenvalue weighted by molar-refractivity contribution is -0.250. The second kappa shape index (κ2) is 10.3. The first kappa shape index (κ1) is 31.5. The molecule has 1 heterocycles. The number of esters is 1. The molecule has 0 bridgehead atoms. The van der Waals surface area contributed by atoms with E-state index in [0.29, 0.717) is 35.5 Å². The molecule has 5 fully saturated rings. The van der Waals surface area contributed by atoms with Crippen LogP contribution < -0.4 is 0 Å². The first-order valence-corrected chi connectivity index (χ1v) is 17.7. The number of carbonyl (C=O) groups is 1. The van der Waals surface area contributed by atoms with Gasteiger partial charge in [-0.25, -0.2) is 0 Å². The Morgan fingerprint density at radius 2 is 1.51 bits per heavy atom. The molecular weight excluding hydrogens is 532 g/mol. The van der Waals surface area contributed by atoms with Crippen LogP contribution in [0.5, 0.6) is 0 Å². The molecule has 0 spiro atoms. The lowest BCUT2D eigenvalue weighted by Gasteiger charge is -2.72. The summed E-state index contributed by atoms with van der Waals surface area (Å²) in [6.07, 6.45) is 11.0. The number of hydrogen-bond donors (Lipinski definition) is 1. The second-order valence-electron chi connectivity index (χ2n) is 17.7. The average molecular weight is 593 g/mol. The van der Waals surface area contributed by atoms with Gasteiger partial charge < -0.3 is 9.84 Å². The molecule has 240 valence electrons. The van der Waals surface area contributed by atoms with Crippen molar-refractivity contribution in [3.05, 3.63) is 22.8 Å². The van der Waals surface area contributed by atoms with Gasteiger partial charge in [0.05, 0.1) is 34.3 Å². The first-order chi connectivity index (χ1) is 20.0. The van der Waals surface area contributed by atoms with Gasteiger partial charge in [0, 0.05) is 0 Å². The third-order valence-electron chi connectivity index (χ3n) is 15.6. The van der Waals surface area contributed by atoms with Crippen LogP contribution in [-0.2, 0) is 16.1 Å². The van der Waals surface area contributed by atoms with Gasteiger partial charge in [0.1, 0.15) is 6.61 Å². The number of nitrogens with zero attached hydrogens (tertiary/aromatic N) is 2. The SMILES string of the molecule is Cc1nc(C)c(COC(=O)[C@]23CC[C@@H](C(C)C)[C@H]2[C@@H]2CC[C@@H]4[C@@]5(C)CC[C@H](O)C(C)(C)[C@@H]5CC[C@@]4(C)[C@]2(C)CC3)nc1C. The number of aromatic nitrogens is 2. The van der Waals surface area contributed by atoms with Crippen LogP contribution in [-0.4, -0.2) is 27.1 Å². The fraction of sp³-hybridized carbons (Fsp3) is 0.868. The molecule has 0 radical (unpaired) electrons. The summed E-state index contributed by atoms with van der Waals surface area (Å²) in [5.41, 5.74) is 3.85. The number of aliphatic hydroxyl groups is 1. The Hall–Kier alpha value is -1.49. The Labute approximate surface area is 261 Å². The Kier molecular flexibility index (Phi) is 7.51. The molecule has 0 aliphatic heterocycles. The van der Waals surface area contributed by atoms with Crippen molar-refractivity contribution in [3.8, 4) is 0 Å². The van der Waals surface area contributed by atoms with Gasteiger partial charge in [-0.15, -0.1) is 0 Å². The third kappa shape index (κ3) is 4.28. The van der Waals surface area contributed by atoms with Crippen molar-refractivity contribution in [2.24, 2.45) is 62.6 Å². The summed E-state index contributed by atoms with van der Waals surface area (Å²) in [5, 5.41) is 11.1. The summed E-state index contributed by atoms with van der Waals surface area (Å²) in [7, 11) is 0. The van der Waals surface area contributed by atoms with E-state index in [0.717, 1.165) is 61.3 Å². The fourth-order valence-electron chi connectivity index (χ4n) is 12.9. The highest BCUT2D eigenvalue weighted by atomic mass is 16.5. The standard InChI is InChI=1S/C38H60N2O3/c1-22(2)26-13-18-38(33(42)43-21-28-25(5)39-23(3)24(4)40-28)20-19-36(9)27(32(26)38)11-12-30-35(8)16-15-31(41)34(6,7)29(35)14-17-37(30,36)10/h22,26-27,29-32,41H,11-21H2,1-10H3/t26-,27-,29-,30+,31-,32-,35-,36+,37+,38-/m0/s1. The molecule has 5 heteroatoms. The van der Waals surface area contributed by atoms with Gasteiger partial charge in [-0.05, 0) is 142 Å². The third-order valence-corrected chi connectivity index (χ3v) is 15.6. The second-order valence-corrected chi connectivity index (χ2v) is 17.7. The molecule has 0 unspecified atom stereocenters. The van der Waals surface area contributed by atoms with Crippen molar-refractivity contribution in [2.45, 2.75) is 146 Å².